The number of carbonyl (C=O) groups is 1. The van der Waals surface area contributed by atoms with E-state index in [-0.39, 0.29) is 18.5 Å². The summed E-state index contributed by atoms with van der Waals surface area (Å²) in [4.78, 5) is 12.5. The van der Waals surface area contributed by atoms with Crippen LogP contribution in [0.25, 0.3) is 11.3 Å². The average Bonchev–Trinajstić information content (AvgIpc) is 3.26. The molecular formula is C19H16FN3O3. The molecule has 0 fully saturated rings. The number of amides is 1. The Hall–Kier alpha value is -3.35. The van der Waals surface area contributed by atoms with Gasteiger partial charge in [-0.25, -0.2) is 4.39 Å². The Morgan fingerprint density at radius 3 is 2.73 bits per heavy atom. The smallest absolute Gasteiger partial charge is 0.269 e. The predicted octanol–water partition coefficient (Wildman–Crippen LogP) is 2.88. The summed E-state index contributed by atoms with van der Waals surface area (Å²) in [6.07, 6.45) is 0. The van der Waals surface area contributed by atoms with Gasteiger partial charge in [0.1, 0.15) is 11.5 Å². The molecule has 1 aliphatic rings. The lowest BCUT2D eigenvalue weighted by Crippen LogP contribution is -2.25. The van der Waals surface area contributed by atoms with Crippen LogP contribution in [0.3, 0.4) is 0 Å². The monoisotopic (exact) mass is 353 g/mol. The Morgan fingerprint density at radius 2 is 1.92 bits per heavy atom. The van der Waals surface area contributed by atoms with Gasteiger partial charge in [-0.2, -0.15) is 5.10 Å². The fraction of sp³-hybridized carbons (Fsp3) is 0.158. The molecular weight excluding hydrogens is 337 g/mol. The van der Waals surface area contributed by atoms with Crippen molar-refractivity contribution in [3.8, 4) is 22.8 Å². The van der Waals surface area contributed by atoms with Gasteiger partial charge in [-0.05, 0) is 48.0 Å². The molecule has 2 aromatic carbocycles. The second-order valence-electron chi connectivity index (χ2n) is 5.92. The molecule has 0 radical (unpaired) electrons. The summed E-state index contributed by atoms with van der Waals surface area (Å²) in [5.74, 6) is 0.823. The fourth-order valence-corrected chi connectivity index (χ4v) is 2.77. The van der Waals surface area contributed by atoms with Gasteiger partial charge in [-0.15, -0.1) is 0 Å². The molecule has 4 rings (SSSR count). The third kappa shape index (κ3) is 3.11. The number of aromatic nitrogens is 2. The summed E-state index contributed by atoms with van der Waals surface area (Å²) in [6.45, 7) is 0.568. The van der Waals surface area contributed by atoms with Crippen LogP contribution in [0.4, 0.5) is 4.39 Å². The minimum atomic E-state index is -0.314. The number of aryl methyl sites for hydroxylation is 1. The maximum Gasteiger partial charge on any atom is 0.269 e. The number of nitrogens with zero attached hydrogens (tertiary/aromatic N) is 2. The first-order valence-corrected chi connectivity index (χ1v) is 8.07. The van der Waals surface area contributed by atoms with Crippen LogP contribution in [0.15, 0.2) is 48.5 Å². The lowest BCUT2D eigenvalue weighted by molar-refractivity contribution is 0.0941. The molecule has 0 saturated carbocycles. The molecule has 1 N–H and O–H groups in total. The number of halogens is 1. The van der Waals surface area contributed by atoms with Crippen molar-refractivity contribution in [3.05, 3.63) is 65.6 Å². The Morgan fingerprint density at radius 1 is 1.15 bits per heavy atom. The van der Waals surface area contributed by atoms with Gasteiger partial charge in [0.25, 0.3) is 5.91 Å². The van der Waals surface area contributed by atoms with Gasteiger partial charge in [0.05, 0.1) is 5.69 Å². The van der Waals surface area contributed by atoms with Crippen molar-refractivity contribution in [3.63, 3.8) is 0 Å². The van der Waals surface area contributed by atoms with Crippen molar-refractivity contribution in [1.29, 1.82) is 0 Å². The van der Waals surface area contributed by atoms with Gasteiger partial charge in [-0.1, -0.05) is 6.07 Å². The Bertz CT molecular complexity index is 967. The van der Waals surface area contributed by atoms with E-state index < -0.39 is 0 Å². The number of ether oxygens (including phenoxy) is 2. The minimum Gasteiger partial charge on any atom is -0.454 e. The lowest BCUT2D eigenvalue weighted by atomic mass is 10.1. The topological polar surface area (TPSA) is 65.4 Å². The molecule has 1 aromatic heterocycles. The number of carbonyl (C=O) groups excluding carboxylic acids is 1. The van der Waals surface area contributed by atoms with Crippen molar-refractivity contribution in [2.24, 2.45) is 7.05 Å². The van der Waals surface area contributed by atoms with Crippen LogP contribution in [-0.4, -0.2) is 22.5 Å². The zero-order chi connectivity index (χ0) is 18.1. The van der Waals surface area contributed by atoms with E-state index in [4.69, 9.17) is 9.47 Å². The number of hydrogen-bond acceptors (Lipinski definition) is 4. The average molecular weight is 353 g/mol. The van der Waals surface area contributed by atoms with E-state index in [2.05, 4.69) is 10.4 Å². The quantitative estimate of drug-likeness (QED) is 0.783. The van der Waals surface area contributed by atoms with E-state index in [1.807, 2.05) is 18.2 Å². The highest BCUT2D eigenvalue weighted by molar-refractivity contribution is 5.93. The zero-order valence-corrected chi connectivity index (χ0v) is 14.0. The molecule has 1 amide bonds. The molecule has 6 nitrogen and oxygen atoms in total. The first kappa shape index (κ1) is 16.1. The summed E-state index contributed by atoms with van der Waals surface area (Å²) in [5.41, 5.74) is 2.69. The van der Waals surface area contributed by atoms with Gasteiger partial charge in [-0.3, -0.25) is 9.48 Å². The van der Waals surface area contributed by atoms with Gasteiger partial charge in [0.15, 0.2) is 11.5 Å². The fourth-order valence-electron chi connectivity index (χ4n) is 2.77. The number of fused-ring (bicyclic) bond motifs is 1. The number of hydrogen-bond donors (Lipinski definition) is 1. The zero-order valence-electron chi connectivity index (χ0n) is 14.0. The van der Waals surface area contributed by atoms with Gasteiger partial charge >= 0.3 is 0 Å². The Labute approximate surface area is 149 Å². The van der Waals surface area contributed by atoms with Crippen molar-refractivity contribution < 1.29 is 18.7 Å². The molecule has 3 aromatic rings. The minimum absolute atomic E-state index is 0.215. The second-order valence-corrected chi connectivity index (χ2v) is 5.92. The van der Waals surface area contributed by atoms with Crippen LogP contribution in [0.5, 0.6) is 11.5 Å². The molecule has 0 atom stereocenters. The number of benzene rings is 2. The van der Waals surface area contributed by atoms with E-state index in [0.29, 0.717) is 29.4 Å². The van der Waals surface area contributed by atoms with Crippen LogP contribution >= 0.6 is 0 Å². The molecule has 7 heteroatoms. The molecule has 0 saturated heterocycles. The van der Waals surface area contributed by atoms with Crippen LogP contribution < -0.4 is 14.8 Å². The molecule has 26 heavy (non-hydrogen) atoms. The first-order valence-electron chi connectivity index (χ1n) is 8.07. The molecule has 1 aliphatic heterocycles. The molecule has 2 heterocycles. The SMILES string of the molecule is Cn1nc(-c2ccc(F)cc2)cc1C(=O)NCc1ccc2c(c1)OCO2. The Balaban J connectivity index is 1.47. The Kier molecular flexibility index (Phi) is 4.04. The molecule has 0 bridgehead atoms. The summed E-state index contributed by atoms with van der Waals surface area (Å²) in [7, 11) is 1.70. The summed E-state index contributed by atoms with van der Waals surface area (Å²) < 4.78 is 25.2. The van der Waals surface area contributed by atoms with Crippen LogP contribution in [0.1, 0.15) is 16.1 Å². The summed E-state index contributed by atoms with van der Waals surface area (Å²) >= 11 is 0. The molecule has 0 aliphatic carbocycles. The van der Waals surface area contributed by atoms with Crippen LogP contribution in [-0.2, 0) is 13.6 Å². The van der Waals surface area contributed by atoms with E-state index in [0.717, 1.165) is 11.1 Å². The number of nitrogens with one attached hydrogen (secondary N) is 1. The van der Waals surface area contributed by atoms with E-state index in [1.165, 1.54) is 16.8 Å². The standard InChI is InChI=1S/C19H16FN3O3/c1-23-16(9-15(22-23)13-3-5-14(20)6-4-13)19(24)21-10-12-2-7-17-18(8-12)26-11-25-17/h2-9H,10-11H2,1H3,(H,21,24). The van der Waals surface area contributed by atoms with Crippen LogP contribution in [0.2, 0.25) is 0 Å². The molecule has 132 valence electrons. The van der Waals surface area contributed by atoms with E-state index in [1.54, 1.807) is 25.2 Å². The van der Waals surface area contributed by atoms with Gasteiger partial charge in [0, 0.05) is 19.2 Å². The molecule has 0 unspecified atom stereocenters. The van der Waals surface area contributed by atoms with Crippen molar-refractivity contribution in [2.45, 2.75) is 6.54 Å². The highest BCUT2D eigenvalue weighted by Gasteiger charge is 2.16. The second kappa shape index (κ2) is 6.51. The normalized spacial score (nSPS) is 12.2. The maximum atomic E-state index is 13.1. The maximum absolute atomic E-state index is 13.1. The third-order valence-electron chi connectivity index (χ3n) is 4.14. The van der Waals surface area contributed by atoms with Gasteiger partial charge in [0.2, 0.25) is 6.79 Å². The molecule has 0 spiro atoms. The van der Waals surface area contributed by atoms with Gasteiger partial charge < -0.3 is 14.8 Å². The van der Waals surface area contributed by atoms with Crippen LogP contribution in [0, 0.1) is 5.82 Å². The van der Waals surface area contributed by atoms with Crippen molar-refractivity contribution in [2.75, 3.05) is 6.79 Å². The van der Waals surface area contributed by atoms with Crippen molar-refractivity contribution >= 4 is 5.91 Å². The van der Waals surface area contributed by atoms with E-state index >= 15 is 0 Å². The van der Waals surface area contributed by atoms with E-state index in [9.17, 15) is 9.18 Å². The summed E-state index contributed by atoms with van der Waals surface area (Å²) in [6, 6.07) is 13.2. The predicted molar refractivity (Wildman–Crippen MR) is 92.3 cm³/mol. The largest absolute Gasteiger partial charge is 0.454 e. The summed E-state index contributed by atoms with van der Waals surface area (Å²) in [5, 5.41) is 7.20. The third-order valence-corrected chi connectivity index (χ3v) is 4.14. The highest BCUT2D eigenvalue weighted by atomic mass is 19.1. The van der Waals surface area contributed by atoms with Crippen molar-refractivity contribution in [1.82, 2.24) is 15.1 Å². The number of rotatable bonds is 4. The lowest BCUT2D eigenvalue weighted by Gasteiger charge is -2.06. The first-order chi connectivity index (χ1) is 12.6. The highest BCUT2D eigenvalue weighted by Crippen LogP contribution is 2.32.